The Morgan fingerprint density at radius 2 is 1.78 bits per heavy atom. The van der Waals surface area contributed by atoms with E-state index in [1.165, 1.54) is 5.57 Å². The van der Waals surface area contributed by atoms with Gasteiger partial charge in [0.15, 0.2) is 8.32 Å². The van der Waals surface area contributed by atoms with E-state index >= 15 is 0 Å². The minimum Gasteiger partial charge on any atom is -0.411 e. The van der Waals surface area contributed by atoms with Crippen LogP contribution in [0.25, 0.3) is 0 Å². The Kier molecular flexibility index (Phi) is 6.38. The predicted molar refractivity (Wildman–Crippen MR) is 104 cm³/mol. The molecule has 23 heavy (non-hydrogen) atoms. The van der Waals surface area contributed by atoms with Crippen molar-refractivity contribution in [3.8, 4) is 0 Å². The standard InChI is InChI=1S/C20H40O2Si/c1-16(2)12-11-14-20(8)17(13-15-19(6,7)22-20)21-23(9,10)18(3,4)5/h12,17H,11,13-15H2,1-10H3/t17-,20+/m1/s1. The van der Waals surface area contributed by atoms with Crippen LogP contribution < -0.4 is 0 Å². The second kappa shape index (κ2) is 7.01. The van der Waals surface area contributed by atoms with Crippen molar-refractivity contribution in [1.82, 2.24) is 0 Å². The summed E-state index contributed by atoms with van der Waals surface area (Å²) in [6.07, 6.45) is 6.80. The molecule has 2 atom stereocenters. The molecule has 1 aliphatic heterocycles. The van der Waals surface area contributed by atoms with Crippen molar-refractivity contribution in [3.63, 3.8) is 0 Å². The van der Waals surface area contributed by atoms with Gasteiger partial charge < -0.3 is 9.16 Å². The number of hydrogen-bond donors (Lipinski definition) is 0. The third-order valence-electron chi connectivity index (χ3n) is 5.64. The van der Waals surface area contributed by atoms with Crippen molar-refractivity contribution in [2.24, 2.45) is 0 Å². The number of allylic oxidation sites excluding steroid dienone is 2. The lowest BCUT2D eigenvalue weighted by molar-refractivity contribution is -0.214. The molecule has 1 saturated heterocycles. The Bertz CT molecular complexity index is 427. The summed E-state index contributed by atoms with van der Waals surface area (Å²) in [7, 11) is -1.78. The number of rotatable bonds is 5. The molecule has 0 N–H and O–H groups in total. The summed E-state index contributed by atoms with van der Waals surface area (Å²) in [6, 6.07) is 0. The Morgan fingerprint density at radius 3 is 2.26 bits per heavy atom. The molecule has 0 saturated carbocycles. The summed E-state index contributed by atoms with van der Waals surface area (Å²) in [5.41, 5.74) is 1.14. The van der Waals surface area contributed by atoms with Gasteiger partial charge in [0.05, 0.1) is 17.3 Å². The van der Waals surface area contributed by atoms with E-state index in [0.29, 0.717) is 0 Å². The number of hydrogen-bond acceptors (Lipinski definition) is 2. The van der Waals surface area contributed by atoms with Gasteiger partial charge in [0.25, 0.3) is 0 Å². The molecule has 0 aromatic rings. The van der Waals surface area contributed by atoms with Crippen molar-refractivity contribution >= 4 is 8.32 Å². The van der Waals surface area contributed by atoms with Gasteiger partial charge in [0, 0.05) is 0 Å². The van der Waals surface area contributed by atoms with Gasteiger partial charge in [0.1, 0.15) is 0 Å². The van der Waals surface area contributed by atoms with Gasteiger partial charge in [0.2, 0.25) is 0 Å². The van der Waals surface area contributed by atoms with Crippen LogP contribution in [0.15, 0.2) is 11.6 Å². The fraction of sp³-hybridized carbons (Fsp3) is 0.900. The van der Waals surface area contributed by atoms with Crippen LogP contribution in [-0.4, -0.2) is 25.6 Å². The van der Waals surface area contributed by atoms with Gasteiger partial charge in [-0.1, -0.05) is 32.4 Å². The zero-order valence-corrected chi connectivity index (χ0v) is 18.3. The van der Waals surface area contributed by atoms with Crippen molar-refractivity contribution in [2.45, 2.75) is 117 Å². The Balaban J connectivity index is 2.96. The quantitative estimate of drug-likeness (QED) is 0.422. The molecule has 1 rings (SSSR count). The van der Waals surface area contributed by atoms with E-state index in [1.54, 1.807) is 0 Å². The van der Waals surface area contributed by atoms with E-state index in [2.05, 4.69) is 74.6 Å². The van der Waals surface area contributed by atoms with Gasteiger partial charge in [-0.25, -0.2) is 0 Å². The first-order chi connectivity index (χ1) is 10.2. The van der Waals surface area contributed by atoms with Crippen molar-refractivity contribution < 1.29 is 9.16 Å². The van der Waals surface area contributed by atoms with E-state index in [0.717, 1.165) is 25.7 Å². The molecular weight excluding hydrogens is 300 g/mol. The average molecular weight is 341 g/mol. The molecule has 0 amide bonds. The molecule has 3 heteroatoms. The fourth-order valence-corrected chi connectivity index (χ4v) is 4.54. The summed E-state index contributed by atoms with van der Waals surface area (Å²) in [5.74, 6) is 0. The van der Waals surface area contributed by atoms with Crippen LogP contribution in [0.1, 0.15) is 81.1 Å². The van der Waals surface area contributed by atoms with E-state index < -0.39 is 8.32 Å². The van der Waals surface area contributed by atoms with Crippen molar-refractivity contribution in [1.29, 1.82) is 0 Å². The van der Waals surface area contributed by atoms with Gasteiger partial charge in [-0.3, -0.25) is 0 Å². The topological polar surface area (TPSA) is 18.5 Å². The van der Waals surface area contributed by atoms with Crippen LogP contribution in [0.4, 0.5) is 0 Å². The maximum atomic E-state index is 6.80. The molecular formula is C20H40O2Si. The van der Waals surface area contributed by atoms with E-state index in [-0.39, 0.29) is 22.3 Å². The molecule has 0 spiro atoms. The van der Waals surface area contributed by atoms with E-state index in [4.69, 9.17) is 9.16 Å². The first kappa shape index (κ1) is 20.9. The monoisotopic (exact) mass is 340 g/mol. The highest BCUT2D eigenvalue weighted by molar-refractivity contribution is 6.74. The minimum atomic E-state index is -1.78. The van der Waals surface area contributed by atoms with E-state index in [9.17, 15) is 0 Å². The summed E-state index contributed by atoms with van der Waals surface area (Å²) in [4.78, 5) is 0. The maximum absolute atomic E-state index is 6.80. The van der Waals surface area contributed by atoms with Crippen LogP contribution in [0.2, 0.25) is 18.1 Å². The first-order valence-electron chi connectivity index (χ1n) is 9.20. The molecule has 0 aliphatic carbocycles. The second-order valence-electron chi connectivity index (χ2n) is 9.90. The van der Waals surface area contributed by atoms with Crippen LogP contribution >= 0.6 is 0 Å². The first-order valence-corrected chi connectivity index (χ1v) is 12.1. The smallest absolute Gasteiger partial charge is 0.192 e. The number of ether oxygens (including phenoxy) is 1. The second-order valence-corrected chi connectivity index (χ2v) is 14.7. The summed E-state index contributed by atoms with van der Waals surface area (Å²) >= 11 is 0. The largest absolute Gasteiger partial charge is 0.411 e. The van der Waals surface area contributed by atoms with Crippen LogP contribution in [0.3, 0.4) is 0 Å². The lowest BCUT2D eigenvalue weighted by Gasteiger charge is -2.52. The van der Waals surface area contributed by atoms with E-state index in [1.807, 2.05) is 0 Å². The highest BCUT2D eigenvalue weighted by Gasteiger charge is 2.49. The Morgan fingerprint density at radius 1 is 1.22 bits per heavy atom. The maximum Gasteiger partial charge on any atom is 0.192 e. The van der Waals surface area contributed by atoms with Crippen LogP contribution in [0, 0.1) is 0 Å². The van der Waals surface area contributed by atoms with Gasteiger partial charge in [-0.15, -0.1) is 0 Å². The third-order valence-corrected chi connectivity index (χ3v) is 10.1. The molecule has 1 aliphatic rings. The van der Waals surface area contributed by atoms with Gasteiger partial charge >= 0.3 is 0 Å². The average Bonchev–Trinajstić information content (AvgIpc) is 2.30. The molecule has 0 aromatic heterocycles. The normalized spacial score (nSPS) is 28.5. The fourth-order valence-electron chi connectivity index (χ4n) is 3.11. The van der Waals surface area contributed by atoms with Gasteiger partial charge in [-0.05, 0) is 78.4 Å². The third kappa shape index (κ3) is 5.72. The van der Waals surface area contributed by atoms with Crippen LogP contribution in [0.5, 0.6) is 0 Å². The molecule has 136 valence electrons. The summed E-state index contributed by atoms with van der Waals surface area (Å²) in [5, 5.41) is 0.237. The van der Waals surface area contributed by atoms with Crippen molar-refractivity contribution in [2.75, 3.05) is 0 Å². The molecule has 2 nitrogen and oxygen atoms in total. The predicted octanol–water partition coefficient (Wildman–Crippen LogP) is 6.47. The van der Waals surface area contributed by atoms with Gasteiger partial charge in [-0.2, -0.15) is 0 Å². The summed E-state index contributed by atoms with van der Waals surface area (Å²) in [6.45, 7) is 22.7. The minimum absolute atomic E-state index is 0.0486. The molecule has 1 fully saturated rings. The highest BCUT2D eigenvalue weighted by atomic mass is 28.4. The summed E-state index contributed by atoms with van der Waals surface area (Å²) < 4.78 is 13.4. The van der Waals surface area contributed by atoms with Crippen LogP contribution in [-0.2, 0) is 9.16 Å². The Hall–Kier alpha value is -0.123. The highest BCUT2D eigenvalue weighted by Crippen LogP contribution is 2.44. The molecule has 0 aromatic carbocycles. The molecule has 0 unspecified atom stereocenters. The lowest BCUT2D eigenvalue weighted by Crippen LogP contribution is -2.57. The molecule has 0 bridgehead atoms. The Labute approximate surface area is 146 Å². The lowest BCUT2D eigenvalue weighted by atomic mass is 9.82. The molecule has 0 radical (unpaired) electrons. The molecule has 1 heterocycles. The zero-order chi connectivity index (χ0) is 18.1. The van der Waals surface area contributed by atoms with Crippen molar-refractivity contribution in [3.05, 3.63) is 11.6 Å². The SMILES string of the molecule is CC(C)=CCC[C@]1(C)OC(C)(C)CC[C@H]1O[Si](C)(C)C(C)(C)C. The zero-order valence-electron chi connectivity index (χ0n) is 17.3.